The third-order valence-corrected chi connectivity index (χ3v) is 4.27. The van der Waals surface area contributed by atoms with E-state index < -0.39 is 0 Å². The smallest absolute Gasteiger partial charge is 0.222 e. The summed E-state index contributed by atoms with van der Waals surface area (Å²) in [5.41, 5.74) is 0. The van der Waals surface area contributed by atoms with Gasteiger partial charge in [0.25, 0.3) is 0 Å². The molecule has 0 aromatic rings. The van der Waals surface area contributed by atoms with Crippen LogP contribution in [0.1, 0.15) is 39.5 Å². The molecule has 2 rings (SSSR count). The largest absolute Gasteiger partial charge is 0.340 e. The van der Waals surface area contributed by atoms with Crippen molar-refractivity contribution in [2.45, 2.75) is 51.6 Å². The van der Waals surface area contributed by atoms with Gasteiger partial charge in [0.15, 0.2) is 0 Å². The summed E-state index contributed by atoms with van der Waals surface area (Å²) in [5, 5.41) is 3.46. The van der Waals surface area contributed by atoms with Crippen molar-refractivity contribution in [1.29, 1.82) is 0 Å². The van der Waals surface area contributed by atoms with Gasteiger partial charge >= 0.3 is 0 Å². The maximum atomic E-state index is 12.1. The number of piperazine rings is 1. The lowest BCUT2D eigenvalue weighted by Crippen LogP contribution is -2.50. The summed E-state index contributed by atoms with van der Waals surface area (Å²) in [6.07, 6.45) is 4.25. The number of carbonyl (C=O) groups is 1. The number of nitrogens with zero attached hydrogens (tertiary/aromatic N) is 2. The molecule has 2 aliphatic rings. The normalized spacial score (nSPS) is 23.4. The summed E-state index contributed by atoms with van der Waals surface area (Å²) in [4.78, 5) is 16.6. The highest BCUT2D eigenvalue weighted by molar-refractivity contribution is 5.85. The molecule has 1 unspecified atom stereocenters. The van der Waals surface area contributed by atoms with Crippen molar-refractivity contribution in [2.24, 2.45) is 0 Å². The van der Waals surface area contributed by atoms with Crippen LogP contribution in [0.25, 0.3) is 0 Å². The molecule has 0 aliphatic carbocycles. The molecule has 0 aromatic heterocycles. The molecule has 2 aliphatic heterocycles. The molecule has 6 heteroatoms. The van der Waals surface area contributed by atoms with Crippen LogP contribution in [0, 0.1) is 0 Å². The first-order valence-corrected chi connectivity index (χ1v) is 7.42. The molecule has 4 nitrogen and oxygen atoms in total. The van der Waals surface area contributed by atoms with E-state index in [-0.39, 0.29) is 24.8 Å². The fourth-order valence-electron chi connectivity index (χ4n) is 2.95. The van der Waals surface area contributed by atoms with E-state index in [4.69, 9.17) is 0 Å². The van der Waals surface area contributed by atoms with Gasteiger partial charge in [-0.25, -0.2) is 0 Å². The predicted octanol–water partition coefficient (Wildman–Crippen LogP) is 1.91. The van der Waals surface area contributed by atoms with E-state index in [2.05, 4.69) is 24.1 Å². The van der Waals surface area contributed by atoms with Gasteiger partial charge in [0.05, 0.1) is 0 Å². The quantitative estimate of drug-likeness (QED) is 0.857. The average molecular weight is 326 g/mol. The van der Waals surface area contributed by atoms with E-state index in [0.29, 0.717) is 18.0 Å². The van der Waals surface area contributed by atoms with E-state index in [9.17, 15) is 4.79 Å². The Morgan fingerprint density at radius 2 is 1.85 bits per heavy atom. The van der Waals surface area contributed by atoms with Gasteiger partial charge in [0.2, 0.25) is 5.91 Å². The molecule has 1 N–H and O–H groups in total. The SMILES string of the molecule is CC(C)N1CCN(C(=O)CCC2CCCN2)CC1.Cl.Cl. The van der Waals surface area contributed by atoms with Crippen molar-refractivity contribution in [3.8, 4) is 0 Å². The van der Waals surface area contributed by atoms with E-state index in [0.717, 1.165) is 45.6 Å². The molecule has 20 heavy (non-hydrogen) atoms. The Balaban J connectivity index is 0.00000180. The molecule has 120 valence electrons. The minimum atomic E-state index is 0. The van der Waals surface area contributed by atoms with Gasteiger partial charge in [0, 0.05) is 44.7 Å². The van der Waals surface area contributed by atoms with Crippen molar-refractivity contribution in [2.75, 3.05) is 32.7 Å². The average Bonchev–Trinajstić information content (AvgIpc) is 2.89. The number of amides is 1. The zero-order valence-corrected chi connectivity index (χ0v) is 14.3. The van der Waals surface area contributed by atoms with Gasteiger partial charge < -0.3 is 10.2 Å². The highest BCUT2D eigenvalue weighted by Gasteiger charge is 2.23. The molecule has 0 spiro atoms. The second-order valence-electron chi connectivity index (χ2n) is 5.84. The number of carbonyl (C=O) groups excluding carboxylic acids is 1. The standard InChI is InChI=1S/C14H27N3O.2ClH/c1-12(2)16-8-10-17(11-9-16)14(18)6-5-13-4-3-7-15-13;;/h12-13,15H,3-11H2,1-2H3;2*1H. The molecule has 0 bridgehead atoms. The minimum Gasteiger partial charge on any atom is -0.340 e. The molecular weight excluding hydrogens is 297 g/mol. The fourth-order valence-corrected chi connectivity index (χ4v) is 2.95. The van der Waals surface area contributed by atoms with Crippen molar-refractivity contribution in [3.05, 3.63) is 0 Å². The Morgan fingerprint density at radius 1 is 1.20 bits per heavy atom. The number of rotatable bonds is 4. The van der Waals surface area contributed by atoms with Gasteiger partial charge in [-0.2, -0.15) is 0 Å². The van der Waals surface area contributed by atoms with Gasteiger partial charge in [-0.05, 0) is 39.7 Å². The molecule has 1 amide bonds. The van der Waals surface area contributed by atoms with E-state index in [1.807, 2.05) is 4.90 Å². The molecule has 0 radical (unpaired) electrons. The summed E-state index contributed by atoms with van der Waals surface area (Å²) < 4.78 is 0. The lowest BCUT2D eigenvalue weighted by Gasteiger charge is -2.37. The molecule has 2 fully saturated rings. The minimum absolute atomic E-state index is 0. The first kappa shape index (κ1) is 20.0. The van der Waals surface area contributed by atoms with Gasteiger partial charge in [0.1, 0.15) is 0 Å². The number of hydrogen-bond acceptors (Lipinski definition) is 3. The molecule has 2 heterocycles. The van der Waals surface area contributed by atoms with Crippen LogP contribution in [0.3, 0.4) is 0 Å². The molecule has 0 aromatic carbocycles. The molecule has 0 saturated carbocycles. The summed E-state index contributed by atoms with van der Waals surface area (Å²) >= 11 is 0. The third-order valence-electron chi connectivity index (χ3n) is 4.27. The highest BCUT2D eigenvalue weighted by Crippen LogP contribution is 2.13. The fraction of sp³-hybridized carbons (Fsp3) is 0.929. The second kappa shape index (κ2) is 9.82. The predicted molar refractivity (Wildman–Crippen MR) is 88.0 cm³/mol. The summed E-state index contributed by atoms with van der Waals surface area (Å²) in [5.74, 6) is 0.354. The van der Waals surface area contributed by atoms with E-state index in [1.54, 1.807) is 0 Å². The Kier molecular flexibility index (Phi) is 9.81. The van der Waals surface area contributed by atoms with Gasteiger partial charge in [-0.15, -0.1) is 24.8 Å². The lowest BCUT2D eigenvalue weighted by molar-refractivity contribution is -0.133. The van der Waals surface area contributed by atoms with Crippen LogP contribution >= 0.6 is 24.8 Å². The van der Waals surface area contributed by atoms with Crippen molar-refractivity contribution >= 4 is 30.7 Å². The van der Waals surface area contributed by atoms with Crippen molar-refractivity contribution in [3.63, 3.8) is 0 Å². The van der Waals surface area contributed by atoms with Crippen LogP contribution in [-0.4, -0.2) is 60.5 Å². The van der Waals surface area contributed by atoms with Crippen LogP contribution in [0.5, 0.6) is 0 Å². The van der Waals surface area contributed by atoms with Crippen LogP contribution < -0.4 is 5.32 Å². The summed E-state index contributed by atoms with van der Waals surface area (Å²) in [6, 6.07) is 1.19. The third kappa shape index (κ3) is 5.76. The Bertz CT molecular complexity index is 276. The second-order valence-corrected chi connectivity index (χ2v) is 5.84. The maximum absolute atomic E-state index is 12.1. The lowest BCUT2D eigenvalue weighted by atomic mass is 10.1. The first-order valence-electron chi connectivity index (χ1n) is 7.42. The van der Waals surface area contributed by atoms with Crippen LogP contribution in [0.2, 0.25) is 0 Å². The Hall–Kier alpha value is -0.0300. The Labute approximate surface area is 135 Å². The highest BCUT2D eigenvalue weighted by atomic mass is 35.5. The van der Waals surface area contributed by atoms with E-state index >= 15 is 0 Å². The van der Waals surface area contributed by atoms with Crippen molar-refractivity contribution < 1.29 is 4.79 Å². The molecule has 1 atom stereocenters. The molecule has 2 saturated heterocycles. The number of halogens is 2. The van der Waals surface area contributed by atoms with Crippen LogP contribution in [0.4, 0.5) is 0 Å². The number of nitrogens with one attached hydrogen (secondary N) is 1. The first-order chi connectivity index (χ1) is 8.66. The van der Waals surface area contributed by atoms with E-state index in [1.165, 1.54) is 12.8 Å². The van der Waals surface area contributed by atoms with Gasteiger partial charge in [-0.3, -0.25) is 9.69 Å². The topological polar surface area (TPSA) is 35.6 Å². The summed E-state index contributed by atoms with van der Waals surface area (Å²) in [7, 11) is 0. The maximum Gasteiger partial charge on any atom is 0.222 e. The van der Waals surface area contributed by atoms with Crippen molar-refractivity contribution in [1.82, 2.24) is 15.1 Å². The monoisotopic (exact) mass is 325 g/mol. The van der Waals surface area contributed by atoms with Crippen LogP contribution in [-0.2, 0) is 4.79 Å². The Morgan fingerprint density at radius 3 is 2.35 bits per heavy atom. The zero-order chi connectivity index (χ0) is 13.0. The van der Waals surface area contributed by atoms with Crippen LogP contribution in [0.15, 0.2) is 0 Å². The summed E-state index contributed by atoms with van der Waals surface area (Å²) in [6.45, 7) is 9.47. The van der Waals surface area contributed by atoms with Gasteiger partial charge in [-0.1, -0.05) is 0 Å². The number of hydrogen-bond donors (Lipinski definition) is 1. The zero-order valence-electron chi connectivity index (χ0n) is 12.6. The molecular formula is C14H29Cl2N3O.